The molecular weight excluding hydrogens is 516 g/mol. The molecule has 2 heterocycles. The lowest BCUT2D eigenvalue weighted by molar-refractivity contribution is -0.138. The van der Waals surface area contributed by atoms with Gasteiger partial charge in [0, 0.05) is 30.6 Å². The van der Waals surface area contributed by atoms with E-state index in [0.29, 0.717) is 5.69 Å². The summed E-state index contributed by atoms with van der Waals surface area (Å²) in [5.74, 6) is -7.61. The molecule has 12 heteroatoms. The summed E-state index contributed by atoms with van der Waals surface area (Å²) in [5, 5.41) is 16.4. The molecule has 2 aromatic rings. The highest BCUT2D eigenvalue weighted by Crippen LogP contribution is 2.39. The summed E-state index contributed by atoms with van der Waals surface area (Å²) < 4.78 is 56.6. The van der Waals surface area contributed by atoms with Gasteiger partial charge in [-0.25, -0.2) is 17.6 Å². The Balaban J connectivity index is 0.00000380. The number of carbonyl (C=O) groups is 2. The summed E-state index contributed by atoms with van der Waals surface area (Å²) >= 11 is 0. The van der Waals surface area contributed by atoms with Crippen molar-refractivity contribution in [1.82, 2.24) is 20.0 Å². The maximum Gasteiger partial charge on any atom is 0.305 e. The molecule has 1 saturated carbocycles. The normalized spacial score (nSPS) is 18.6. The van der Waals surface area contributed by atoms with E-state index in [1.807, 2.05) is 0 Å². The monoisotopic (exact) mass is 546 g/mol. The number of rotatable bonds is 10. The standard InChI is InChI=1S/C25H30F4N4O3.ClH/c1-24(26,27)19-9-5-4-8-18(19)21-13-20(31-33(21)17-6-2-3-7-17)23(36)30-16(12-22(34)35)10-11-32-14-25(28,29)15-32;/h4-5,8-9,13,16-17H,2-3,6-7,10-12,14-15H2,1H3,(H,30,36)(H,34,35);1H/t16-;/m0./s1. The van der Waals surface area contributed by atoms with Crippen LogP contribution in [0.5, 0.6) is 0 Å². The lowest BCUT2D eigenvalue weighted by Gasteiger charge is -2.39. The van der Waals surface area contributed by atoms with Gasteiger partial charge in [-0.2, -0.15) is 5.10 Å². The number of likely N-dealkylation sites (tertiary alicyclic amines) is 1. The zero-order valence-corrected chi connectivity index (χ0v) is 21.2. The Morgan fingerprint density at radius 3 is 2.46 bits per heavy atom. The third kappa shape index (κ3) is 7.01. The molecule has 1 saturated heterocycles. The molecule has 204 valence electrons. The van der Waals surface area contributed by atoms with Gasteiger partial charge in [-0.05, 0) is 25.3 Å². The van der Waals surface area contributed by atoms with Crippen molar-refractivity contribution in [3.8, 4) is 11.3 Å². The van der Waals surface area contributed by atoms with Crippen molar-refractivity contribution in [2.45, 2.75) is 69.4 Å². The first kappa shape index (κ1) is 28.9. The number of aromatic nitrogens is 2. The summed E-state index contributed by atoms with van der Waals surface area (Å²) in [4.78, 5) is 25.9. The molecule has 1 aromatic heterocycles. The van der Waals surface area contributed by atoms with Crippen molar-refractivity contribution in [2.24, 2.45) is 0 Å². The predicted octanol–water partition coefficient (Wildman–Crippen LogP) is 5.11. The number of carbonyl (C=O) groups excluding carboxylic acids is 1. The Hall–Kier alpha value is -2.66. The Labute approximate surface area is 218 Å². The van der Waals surface area contributed by atoms with E-state index in [9.17, 15) is 32.3 Å². The van der Waals surface area contributed by atoms with Gasteiger partial charge in [-0.3, -0.25) is 19.2 Å². The Bertz CT molecular complexity index is 1110. The highest BCUT2D eigenvalue weighted by Gasteiger charge is 2.43. The number of halogens is 5. The van der Waals surface area contributed by atoms with Gasteiger partial charge >= 0.3 is 5.97 Å². The van der Waals surface area contributed by atoms with Crippen LogP contribution < -0.4 is 5.32 Å². The fourth-order valence-corrected chi connectivity index (χ4v) is 5.02. The Morgan fingerprint density at radius 1 is 1.22 bits per heavy atom. The topological polar surface area (TPSA) is 87.5 Å². The van der Waals surface area contributed by atoms with Crippen molar-refractivity contribution in [3.05, 3.63) is 41.6 Å². The summed E-state index contributed by atoms with van der Waals surface area (Å²) in [6.45, 7) is 0.253. The second kappa shape index (κ2) is 11.4. The van der Waals surface area contributed by atoms with Gasteiger partial charge in [0.2, 0.25) is 0 Å². The minimum absolute atomic E-state index is 0. The molecule has 0 bridgehead atoms. The molecule has 0 spiro atoms. The van der Waals surface area contributed by atoms with E-state index in [4.69, 9.17) is 0 Å². The molecule has 1 aromatic carbocycles. The maximum absolute atomic E-state index is 14.4. The van der Waals surface area contributed by atoms with Crippen LogP contribution in [0.3, 0.4) is 0 Å². The van der Waals surface area contributed by atoms with E-state index in [-0.39, 0.29) is 54.7 Å². The van der Waals surface area contributed by atoms with E-state index < -0.39 is 42.9 Å². The van der Waals surface area contributed by atoms with Gasteiger partial charge in [-0.1, -0.05) is 37.1 Å². The fraction of sp³-hybridized carbons (Fsp3) is 0.560. The average Bonchev–Trinajstić information content (AvgIpc) is 3.45. The van der Waals surface area contributed by atoms with Crippen molar-refractivity contribution in [2.75, 3.05) is 19.6 Å². The first-order chi connectivity index (χ1) is 16.9. The van der Waals surface area contributed by atoms with Crippen molar-refractivity contribution >= 4 is 24.3 Å². The number of aliphatic carboxylic acids is 1. The minimum Gasteiger partial charge on any atom is -0.481 e. The molecule has 37 heavy (non-hydrogen) atoms. The summed E-state index contributed by atoms with van der Waals surface area (Å²) in [5.41, 5.74) is 0.509. The van der Waals surface area contributed by atoms with E-state index >= 15 is 0 Å². The highest BCUT2D eigenvalue weighted by molar-refractivity contribution is 5.94. The molecule has 7 nitrogen and oxygen atoms in total. The second-order valence-electron chi connectivity index (χ2n) is 9.86. The Morgan fingerprint density at radius 2 is 1.86 bits per heavy atom. The van der Waals surface area contributed by atoms with Crippen LogP contribution in [-0.2, 0) is 10.7 Å². The van der Waals surface area contributed by atoms with Gasteiger partial charge in [0.05, 0.1) is 31.2 Å². The number of alkyl halides is 4. The first-order valence-electron chi connectivity index (χ1n) is 12.1. The van der Waals surface area contributed by atoms with Crippen LogP contribution in [0.1, 0.15) is 67.5 Å². The molecule has 1 aliphatic heterocycles. The van der Waals surface area contributed by atoms with Crippen LogP contribution in [0.25, 0.3) is 11.3 Å². The van der Waals surface area contributed by atoms with Crippen LogP contribution in [0, 0.1) is 0 Å². The van der Waals surface area contributed by atoms with Gasteiger partial charge in [0.25, 0.3) is 17.8 Å². The summed E-state index contributed by atoms with van der Waals surface area (Å²) in [6.07, 6.45) is 3.35. The molecule has 2 fully saturated rings. The predicted molar refractivity (Wildman–Crippen MR) is 131 cm³/mol. The Kier molecular flexibility index (Phi) is 8.89. The maximum atomic E-state index is 14.4. The number of carboxylic acid groups (broad SMARTS) is 1. The number of hydrogen-bond donors (Lipinski definition) is 2. The molecule has 0 unspecified atom stereocenters. The smallest absolute Gasteiger partial charge is 0.305 e. The van der Waals surface area contributed by atoms with E-state index in [1.165, 1.54) is 23.1 Å². The molecule has 2 N–H and O–H groups in total. The third-order valence-corrected chi connectivity index (χ3v) is 6.77. The van der Waals surface area contributed by atoms with Gasteiger partial charge in [-0.15, -0.1) is 12.4 Å². The van der Waals surface area contributed by atoms with Crippen molar-refractivity contribution < 1.29 is 32.3 Å². The first-order valence-corrected chi connectivity index (χ1v) is 12.1. The van der Waals surface area contributed by atoms with Gasteiger partial charge < -0.3 is 10.4 Å². The van der Waals surface area contributed by atoms with Crippen LogP contribution in [-0.4, -0.2) is 63.3 Å². The number of amides is 1. The lowest BCUT2D eigenvalue weighted by atomic mass is 9.99. The number of hydrogen-bond acceptors (Lipinski definition) is 4. The van der Waals surface area contributed by atoms with E-state index in [2.05, 4.69) is 10.4 Å². The van der Waals surface area contributed by atoms with Crippen molar-refractivity contribution in [1.29, 1.82) is 0 Å². The van der Waals surface area contributed by atoms with E-state index in [0.717, 1.165) is 32.6 Å². The minimum atomic E-state index is -3.11. The number of nitrogens with one attached hydrogen (secondary N) is 1. The number of benzene rings is 1. The van der Waals surface area contributed by atoms with Gasteiger partial charge in [0.1, 0.15) is 0 Å². The highest BCUT2D eigenvalue weighted by atomic mass is 35.5. The largest absolute Gasteiger partial charge is 0.481 e. The van der Waals surface area contributed by atoms with Crippen LogP contribution in [0.15, 0.2) is 30.3 Å². The SMILES string of the molecule is CC(F)(F)c1ccccc1-c1cc(C(=O)N[C@@H](CCN2CC(F)(F)C2)CC(=O)O)nn1C1CCCC1.Cl. The molecule has 1 atom stereocenters. The van der Waals surface area contributed by atoms with Crippen LogP contribution >= 0.6 is 12.4 Å². The van der Waals surface area contributed by atoms with Crippen molar-refractivity contribution in [3.63, 3.8) is 0 Å². The van der Waals surface area contributed by atoms with Crippen LogP contribution in [0.2, 0.25) is 0 Å². The zero-order chi connectivity index (χ0) is 26.1. The number of nitrogens with zero attached hydrogens (tertiary/aromatic N) is 3. The number of carboxylic acids is 1. The molecule has 1 aliphatic carbocycles. The average molecular weight is 547 g/mol. The zero-order valence-electron chi connectivity index (χ0n) is 20.4. The van der Waals surface area contributed by atoms with E-state index in [1.54, 1.807) is 16.8 Å². The summed E-state index contributed by atoms with van der Waals surface area (Å²) in [6, 6.07) is 6.74. The molecule has 0 radical (unpaired) electrons. The molecule has 2 aliphatic rings. The molecule has 4 rings (SSSR count). The fourth-order valence-electron chi connectivity index (χ4n) is 5.02. The molecular formula is C25H31ClF4N4O3. The quantitative estimate of drug-likeness (QED) is 0.404. The second-order valence-corrected chi connectivity index (χ2v) is 9.86. The third-order valence-electron chi connectivity index (χ3n) is 6.77. The van der Waals surface area contributed by atoms with Gasteiger partial charge in [0.15, 0.2) is 5.69 Å². The lowest BCUT2D eigenvalue weighted by Crippen LogP contribution is -2.57. The molecule has 1 amide bonds. The van der Waals surface area contributed by atoms with Crippen LogP contribution in [0.4, 0.5) is 17.6 Å². The summed E-state index contributed by atoms with van der Waals surface area (Å²) in [7, 11) is 0.